The number of hydrogen-bond acceptors (Lipinski definition) is 5. The Labute approximate surface area is 159 Å². The number of aryl methyl sites for hydroxylation is 2. The number of carbonyl (C=O) groups is 1. The smallest absolute Gasteiger partial charge is 0.257 e. The number of fused-ring (bicyclic) bond motifs is 1. The van der Waals surface area contributed by atoms with Crippen LogP contribution in [0.3, 0.4) is 0 Å². The first-order valence-corrected chi connectivity index (χ1v) is 9.23. The van der Waals surface area contributed by atoms with Gasteiger partial charge in [0.1, 0.15) is 5.82 Å². The van der Waals surface area contributed by atoms with Crippen molar-refractivity contribution < 1.29 is 18.7 Å². The molecule has 0 saturated heterocycles. The molecule has 1 amide bonds. The van der Waals surface area contributed by atoms with E-state index in [1.807, 2.05) is 25.1 Å². The molecule has 27 heavy (non-hydrogen) atoms. The summed E-state index contributed by atoms with van der Waals surface area (Å²) in [4.78, 5) is 17.8. The number of halogens is 1. The van der Waals surface area contributed by atoms with E-state index in [0.717, 1.165) is 27.6 Å². The first-order chi connectivity index (χ1) is 13.0. The Hall–Kier alpha value is -2.93. The molecule has 1 aliphatic heterocycles. The minimum Gasteiger partial charge on any atom is -0.454 e. The third-order valence-electron chi connectivity index (χ3n) is 4.35. The van der Waals surface area contributed by atoms with Gasteiger partial charge in [0, 0.05) is 16.9 Å². The van der Waals surface area contributed by atoms with Gasteiger partial charge in [0.25, 0.3) is 5.91 Å². The Balaban J connectivity index is 1.49. The maximum atomic E-state index is 13.7. The molecule has 0 bridgehead atoms. The minimum atomic E-state index is -0.401. The summed E-state index contributed by atoms with van der Waals surface area (Å²) in [5.41, 5.74) is 2.69. The zero-order valence-electron chi connectivity index (χ0n) is 14.8. The monoisotopic (exact) mass is 384 g/mol. The van der Waals surface area contributed by atoms with Crippen LogP contribution in [0, 0.1) is 19.7 Å². The molecule has 0 atom stereocenters. The largest absolute Gasteiger partial charge is 0.454 e. The van der Waals surface area contributed by atoms with Crippen LogP contribution in [0.25, 0.3) is 0 Å². The lowest BCUT2D eigenvalue weighted by atomic mass is 10.1. The summed E-state index contributed by atoms with van der Waals surface area (Å²) < 4.78 is 24.4. The van der Waals surface area contributed by atoms with Crippen LogP contribution in [-0.4, -0.2) is 17.7 Å². The van der Waals surface area contributed by atoms with Gasteiger partial charge in [-0.05, 0) is 49.2 Å². The van der Waals surface area contributed by atoms with Crippen LogP contribution in [0.15, 0.2) is 36.4 Å². The Morgan fingerprint density at radius 3 is 2.81 bits per heavy atom. The minimum absolute atomic E-state index is 0.244. The summed E-state index contributed by atoms with van der Waals surface area (Å²) in [6, 6.07) is 10.3. The fourth-order valence-electron chi connectivity index (χ4n) is 2.79. The number of thiazole rings is 1. The number of amides is 1. The Kier molecular flexibility index (Phi) is 4.53. The van der Waals surface area contributed by atoms with Crippen LogP contribution < -0.4 is 14.8 Å². The molecule has 138 valence electrons. The molecule has 0 saturated carbocycles. The summed E-state index contributed by atoms with van der Waals surface area (Å²) in [6.07, 6.45) is 0.676. The van der Waals surface area contributed by atoms with Gasteiger partial charge in [-0.1, -0.05) is 12.1 Å². The third kappa shape index (κ3) is 3.64. The summed E-state index contributed by atoms with van der Waals surface area (Å²) in [7, 11) is 0. The van der Waals surface area contributed by atoms with Gasteiger partial charge in [-0.25, -0.2) is 9.37 Å². The number of nitrogens with zero attached hydrogens (tertiary/aromatic N) is 1. The zero-order chi connectivity index (χ0) is 19.0. The van der Waals surface area contributed by atoms with Gasteiger partial charge < -0.3 is 9.47 Å². The average Bonchev–Trinajstić information content (AvgIpc) is 3.23. The molecule has 2 heterocycles. The lowest BCUT2D eigenvalue weighted by molar-refractivity contribution is 0.102. The van der Waals surface area contributed by atoms with E-state index in [1.165, 1.54) is 17.4 Å². The summed E-state index contributed by atoms with van der Waals surface area (Å²) in [5.74, 6) is 0.710. The first kappa shape index (κ1) is 17.5. The molecule has 0 unspecified atom stereocenters. The van der Waals surface area contributed by atoms with Crippen LogP contribution in [0.4, 0.5) is 9.52 Å². The molecule has 2 aromatic carbocycles. The molecule has 1 N–H and O–H groups in total. The lowest BCUT2D eigenvalue weighted by Gasteiger charge is -2.03. The van der Waals surface area contributed by atoms with Crippen LogP contribution in [-0.2, 0) is 6.42 Å². The summed E-state index contributed by atoms with van der Waals surface area (Å²) >= 11 is 1.41. The highest BCUT2D eigenvalue weighted by Crippen LogP contribution is 2.34. The SMILES string of the molecule is Cc1ccc(C(=O)Nc2nc(C)c(Cc3ccc4c(c3)OCO4)s2)cc1F. The summed E-state index contributed by atoms with van der Waals surface area (Å²) in [6.45, 7) is 3.80. The van der Waals surface area contributed by atoms with Crippen LogP contribution in [0.1, 0.15) is 32.1 Å². The number of carbonyl (C=O) groups excluding carboxylic acids is 1. The lowest BCUT2D eigenvalue weighted by Crippen LogP contribution is -2.12. The Morgan fingerprint density at radius 1 is 1.19 bits per heavy atom. The van der Waals surface area contributed by atoms with E-state index in [9.17, 15) is 9.18 Å². The van der Waals surface area contributed by atoms with E-state index in [4.69, 9.17) is 9.47 Å². The number of anilines is 1. The van der Waals surface area contributed by atoms with E-state index >= 15 is 0 Å². The second-order valence-corrected chi connectivity index (χ2v) is 7.39. The van der Waals surface area contributed by atoms with E-state index in [1.54, 1.807) is 19.1 Å². The van der Waals surface area contributed by atoms with Gasteiger partial charge in [-0.15, -0.1) is 11.3 Å². The molecule has 0 aliphatic carbocycles. The Morgan fingerprint density at radius 2 is 2.00 bits per heavy atom. The number of benzene rings is 2. The molecule has 5 nitrogen and oxygen atoms in total. The highest BCUT2D eigenvalue weighted by molar-refractivity contribution is 7.15. The average molecular weight is 384 g/mol. The van der Waals surface area contributed by atoms with Crippen molar-refractivity contribution >= 4 is 22.4 Å². The number of nitrogens with one attached hydrogen (secondary N) is 1. The molecule has 0 radical (unpaired) electrons. The third-order valence-corrected chi connectivity index (χ3v) is 5.42. The molecule has 0 spiro atoms. The molecule has 1 aromatic heterocycles. The van der Waals surface area contributed by atoms with Crippen molar-refractivity contribution in [2.45, 2.75) is 20.3 Å². The van der Waals surface area contributed by atoms with Crippen molar-refractivity contribution in [1.82, 2.24) is 4.98 Å². The number of hydrogen-bond donors (Lipinski definition) is 1. The van der Waals surface area contributed by atoms with Gasteiger partial charge in [0.2, 0.25) is 6.79 Å². The number of rotatable bonds is 4. The molecular weight excluding hydrogens is 367 g/mol. The van der Waals surface area contributed by atoms with Crippen molar-refractivity contribution in [3.05, 3.63) is 69.5 Å². The maximum absolute atomic E-state index is 13.7. The van der Waals surface area contributed by atoms with Crippen LogP contribution in [0.2, 0.25) is 0 Å². The molecular formula is C20H17FN2O3S. The zero-order valence-corrected chi connectivity index (χ0v) is 15.7. The second kappa shape index (κ2) is 7.00. The summed E-state index contributed by atoms with van der Waals surface area (Å²) in [5, 5.41) is 3.25. The van der Waals surface area contributed by atoms with Gasteiger partial charge in [-0.2, -0.15) is 0 Å². The van der Waals surface area contributed by atoms with E-state index in [-0.39, 0.29) is 18.3 Å². The Bertz CT molecular complexity index is 1030. The normalized spacial score (nSPS) is 12.3. The predicted octanol–water partition coefficient (Wildman–Crippen LogP) is 4.47. The fraction of sp³-hybridized carbons (Fsp3) is 0.200. The second-order valence-electron chi connectivity index (χ2n) is 6.31. The first-order valence-electron chi connectivity index (χ1n) is 8.42. The van der Waals surface area contributed by atoms with Gasteiger partial charge >= 0.3 is 0 Å². The molecule has 0 fully saturated rings. The number of ether oxygens (including phenoxy) is 2. The molecule has 3 aromatic rings. The van der Waals surface area contributed by atoms with Gasteiger partial charge in [0.05, 0.1) is 5.69 Å². The van der Waals surface area contributed by atoms with Crippen molar-refractivity contribution in [3.8, 4) is 11.5 Å². The fourth-order valence-corrected chi connectivity index (χ4v) is 3.78. The maximum Gasteiger partial charge on any atom is 0.257 e. The topological polar surface area (TPSA) is 60.5 Å². The van der Waals surface area contributed by atoms with Gasteiger partial charge in [-0.3, -0.25) is 10.1 Å². The standard InChI is InChI=1S/C20H17FN2O3S/c1-11-3-5-14(9-15(11)21)19(24)23-20-22-12(2)18(27-20)8-13-4-6-16-17(7-13)26-10-25-16/h3-7,9H,8,10H2,1-2H3,(H,22,23,24). The van der Waals surface area contributed by atoms with E-state index in [2.05, 4.69) is 10.3 Å². The highest BCUT2D eigenvalue weighted by Gasteiger charge is 2.16. The van der Waals surface area contributed by atoms with Crippen LogP contribution in [0.5, 0.6) is 11.5 Å². The predicted molar refractivity (Wildman–Crippen MR) is 101 cm³/mol. The van der Waals surface area contributed by atoms with Crippen molar-refractivity contribution in [3.63, 3.8) is 0 Å². The molecule has 7 heteroatoms. The van der Waals surface area contributed by atoms with Crippen molar-refractivity contribution in [2.75, 3.05) is 12.1 Å². The molecule has 1 aliphatic rings. The number of aromatic nitrogens is 1. The van der Waals surface area contributed by atoms with Crippen LogP contribution >= 0.6 is 11.3 Å². The quantitative estimate of drug-likeness (QED) is 0.721. The van der Waals surface area contributed by atoms with Crippen molar-refractivity contribution in [2.24, 2.45) is 0 Å². The van der Waals surface area contributed by atoms with Gasteiger partial charge in [0.15, 0.2) is 16.6 Å². The van der Waals surface area contributed by atoms with E-state index in [0.29, 0.717) is 17.1 Å². The molecule has 4 rings (SSSR count). The van der Waals surface area contributed by atoms with E-state index < -0.39 is 5.82 Å². The van der Waals surface area contributed by atoms with Crippen molar-refractivity contribution in [1.29, 1.82) is 0 Å². The highest BCUT2D eigenvalue weighted by atomic mass is 32.1.